The molecule has 0 radical (unpaired) electrons. The van der Waals surface area contributed by atoms with E-state index in [4.69, 9.17) is 30.2 Å². The molecule has 0 bridgehead atoms. The second kappa shape index (κ2) is 13.3. The van der Waals surface area contributed by atoms with E-state index in [9.17, 15) is 4.39 Å². The third-order valence-electron chi connectivity index (χ3n) is 6.55. The molecule has 7 heteroatoms. The molecule has 0 saturated heterocycles. The molecule has 0 aromatic carbocycles. The van der Waals surface area contributed by atoms with Crippen LogP contribution >= 0.6 is 20.2 Å². The minimum atomic E-state index is -0.813. The van der Waals surface area contributed by atoms with Crippen molar-refractivity contribution in [3.05, 3.63) is 29.6 Å². The standard InChI is InChI=1S/C24H36FN3.2ClH.Fe/c1-15-13-16(2)24(17(3)14-15)27-19(5)22-12-8-11-21(28-22)18(4)26-23-10-7-6-9-20(23)25;;;/h8,11-12,15-17,20,23-24H,6-7,9-10,13-14H2,1-5H3;2*1H;/q;;;+2/p-2. The summed E-state index contributed by atoms with van der Waals surface area (Å²) in [6.45, 7) is 11.0. The van der Waals surface area contributed by atoms with Gasteiger partial charge in [-0.1, -0.05) is 39.7 Å². The van der Waals surface area contributed by atoms with Crippen LogP contribution in [0.15, 0.2) is 28.2 Å². The number of rotatable bonds is 4. The molecule has 0 amide bonds. The van der Waals surface area contributed by atoms with Gasteiger partial charge in [0.2, 0.25) is 0 Å². The zero-order chi connectivity index (χ0) is 23.0. The van der Waals surface area contributed by atoms with Gasteiger partial charge >= 0.3 is 33.3 Å². The zero-order valence-corrected chi connectivity index (χ0v) is 21.9. The zero-order valence-electron chi connectivity index (χ0n) is 19.3. The van der Waals surface area contributed by atoms with Crippen molar-refractivity contribution in [1.82, 2.24) is 4.98 Å². The van der Waals surface area contributed by atoms with Gasteiger partial charge in [-0.25, -0.2) is 9.37 Å². The number of aliphatic imine (C=N–C) groups is 2. The molecule has 3 rings (SSSR count). The first kappa shape index (κ1) is 26.8. The molecule has 1 heterocycles. The van der Waals surface area contributed by atoms with Crippen LogP contribution in [0.5, 0.6) is 0 Å². The number of nitrogens with zero attached hydrogens (tertiary/aromatic N) is 3. The Kier molecular flexibility index (Phi) is 11.5. The Hall–Kier alpha value is -0.481. The van der Waals surface area contributed by atoms with E-state index in [1.807, 2.05) is 25.1 Å². The van der Waals surface area contributed by atoms with Gasteiger partial charge in [0, 0.05) is 0 Å². The predicted molar refractivity (Wildman–Crippen MR) is 128 cm³/mol. The van der Waals surface area contributed by atoms with Crippen molar-refractivity contribution in [3.8, 4) is 0 Å². The molecule has 2 aliphatic rings. The second-order valence-corrected chi connectivity index (χ2v) is 11.1. The molecule has 176 valence electrons. The molecule has 2 aliphatic carbocycles. The van der Waals surface area contributed by atoms with Crippen molar-refractivity contribution in [3.63, 3.8) is 0 Å². The first-order valence-electron chi connectivity index (χ1n) is 11.3. The number of hydrogen-bond acceptors (Lipinski definition) is 3. The Morgan fingerprint density at radius 2 is 1.48 bits per heavy atom. The molecule has 1 aromatic rings. The Morgan fingerprint density at radius 3 is 2.03 bits per heavy atom. The van der Waals surface area contributed by atoms with E-state index in [-0.39, 0.29) is 19.2 Å². The first-order chi connectivity index (χ1) is 14.8. The molecule has 0 aliphatic heterocycles. The Labute approximate surface area is 202 Å². The number of aromatic nitrogens is 1. The Balaban J connectivity index is 0.00000107. The van der Waals surface area contributed by atoms with E-state index in [0.717, 1.165) is 48.0 Å². The van der Waals surface area contributed by atoms with E-state index in [0.29, 0.717) is 24.3 Å². The normalized spacial score (nSPS) is 32.4. The molecule has 4 atom stereocenters. The van der Waals surface area contributed by atoms with Crippen LogP contribution in [0.2, 0.25) is 0 Å². The number of pyridine rings is 1. The fourth-order valence-electron chi connectivity index (χ4n) is 5.11. The quantitative estimate of drug-likeness (QED) is 0.306. The van der Waals surface area contributed by atoms with E-state index in [1.54, 1.807) is 0 Å². The molecule has 4 unspecified atom stereocenters. The van der Waals surface area contributed by atoms with Gasteiger partial charge in [0.25, 0.3) is 0 Å². The first-order valence-corrected chi connectivity index (χ1v) is 14.4. The van der Waals surface area contributed by atoms with Crippen LogP contribution in [0.4, 0.5) is 4.39 Å². The number of alkyl halides is 1. The van der Waals surface area contributed by atoms with E-state index in [2.05, 4.69) is 32.7 Å². The van der Waals surface area contributed by atoms with Gasteiger partial charge in [-0.05, 0) is 69.4 Å². The van der Waals surface area contributed by atoms with Gasteiger partial charge in [-0.15, -0.1) is 0 Å². The van der Waals surface area contributed by atoms with Gasteiger partial charge < -0.3 is 0 Å². The monoisotopic (exact) mass is 511 g/mol. The van der Waals surface area contributed by atoms with Crippen LogP contribution in [-0.2, 0) is 13.1 Å². The Morgan fingerprint density at radius 1 is 0.968 bits per heavy atom. The third-order valence-corrected chi connectivity index (χ3v) is 6.55. The predicted octanol–water partition coefficient (Wildman–Crippen LogP) is 7.43. The summed E-state index contributed by atoms with van der Waals surface area (Å²) in [4.78, 5) is 14.6. The summed E-state index contributed by atoms with van der Waals surface area (Å²) in [5, 5.41) is 0. The van der Waals surface area contributed by atoms with Crippen LogP contribution < -0.4 is 0 Å². The van der Waals surface area contributed by atoms with Crippen molar-refractivity contribution < 1.29 is 17.5 Å². The summed E-state index contributed by atoms with van der Waals surface area (Å²) in [6, 6.07) is 6.17. The maximum absolute atomic E-state index is 14.1. The Bertz CT molecular complexity index is 746. The van der Waals surface area contributed by atoms with Crippen LogP contribution in [0.1, 0.15) is 84.5 Å². The second-order valence-electron chi connectivity index (χ2n) is 9.28. The van der Waals surface area contributed by atoms with Gasteiger partial charge in [-0.3, -0.25) is 9.98 Å². The fraction of sp³-hybridized carbons (Fsp3) is 0.708. The van der Waals surface area contributed by atoms with Gasteiger partial charge in [-0.2, -0.15) is 0 Å². The van der Waals surface area contributed by atoms with Gasteiger partial charge in [0.15, 0.2) is 0 Å². The van der Waals surface area contributed by atoms with Crippen LogP contribution in [0.3, 0.4) is 0 Å². The van der Waals surface area contributed by atoms with E-state index in [1.165, 1.54) is 12.8 Å². The average molecular weight is 512 g/mol. The molecule has 3 nitrogen and oxygen atoms in total. The summed E-state index contributed by atoms with van der Waals surface area (Å²) >= 11 is 0.194. The summed E-state index contributed by atoms with van der Waals surface area (Å²) in [7, 11) is 9.53. The van der Waals surface area contributed by atoms with E-state index < -0.39 is 6.17 Å². The molecule has 0 N–H and O–H groups in total. The number of halogens is 3. The van der Waals surface area contributed by atoms with Crippen molar-refractivity contribution in [2.45, 2.75) is 91.4 Å². The number of hydrogen-bond donors (Lipinski definition) is 0. The summed E-state index contributed by atoms with van der Waals surface area (Å²) < 4.78 is 14.1. The summed E-state index contributed by atoms with van der Waals surface area (Å²) in [5.74, 6) is 2.00. The van der Waals surface area contributed by atoms with Crippen LogP contribution in [-0.4, -0.2) is 34.7 Å². The molecule has 2 saturated carbocycles. The molecular weight excluding hydrogens is 476 g/mol. The van der Waals surface area contributed by atoms with Gasteiger partial charge in [0.1, 0.15) is 6.17 Å². The van der Waals surface area contributed by atoms with Crippen molar-refractivity contribution in [2.24, 2.45) is 27.7 Å². The molecule has 2 fully saturated rings. The molecular formula is C24H36Cl2FFeN3. The fourth-order valence-corrected chi connectivity index (χ4v) is 5.11. The van der Waals surface area contributed by atoms with E-state index >= 15 is 0 Å². The third kappa shape index (κ3) is 8.10. The molecule has 1 aromatic heterocycles. The topological polar surface area (TPSA) is 37.6 Å². The maximum atomic E-state index is 14.1. The molecule has 0 spiro atoms. The summed E-state index contributed by atoms with van der Waals surface area (Å²) in [6.07, 6.45) is 5.20. The van der Waals surface area contributed by atoms with Crippen molar-refractivity contribution in [1.29, 1.82) is 0 Å². The van der Waals surface area contributed by atoms with Crippen molar-refractivity contribution in [2.75, 3.05) is 0 Å². The SMILES string of the molecule is CC(=NC1CCCCC1F)c1cccc(C(C)=NC2C(C)CC(C)CC2C)n1.[Cl][Fe][Cl]. The van der Waals surface area contributed by atoms with Gasteiger partial charge in [0.05, 0.1) is 34.9 Å². The molecule has 31 heavy (non-hydrogen) atoms. The van der Waals surface area contributed by atoms with Crippen molar-refractivity contribution >= 4 is 31.6 Å². The minimum absolute atomic E-state index is 0.194. The average Bonchev–Trinajstić information content (AvgIpc) is 2.73. The van der Waals surface area contributed by atoms with Crippen LogP contribution in [0, 0.1) is 17.8 Å². The van der Waals surface area contributed by atoms with Crippen LogP contribution in [0.25, 0.3) is 0 Å². The summed E-state index contributed by atoms with van der Waals surface area (Å²) in [5.41, 5.74) is 3.57.